The number of ether oxygens (including phenoxy) is 1. The summed E-state index contributed by atoms with van der Waals surface area (Å²) in [5, 5.41) is 2.61. The zero-order valence-corrected chi connectivity index (χ0v) is 9.55. The lowest BCUT2D eigenvalue weighted by atomic mass is 10.2. The van der Waals surface area contributed by atoms with Crippen LogP contribution in [0, 0.1) is 5.92 Å². The molecule has 0 aliphatic rings. The van der Waals surface area contributed by atoms with Gasteiger partial charge in [-0.1, -0.05) is 29.8 Å². The molecule has 0 radical (unpaired) electrons. The number of methoxy groups -OCH3 is 1. The van der Waals surface area contributed by atoms with E-state index in [1.165, 1.54) is 7.11 Å². The molecule has 5 heteroatoms. The van der Waals surface area contributed by atoms with Gasteiger partial charge in [-0.05, 0) is 0 Å². The van der Waals surface area contributed by atoms with Gasteiger partial charge in [0.05, 0.1) is 7.11 Å². The molecule has 0 rings (SSSR count). The van der Waals surface area contributed by atoms with Gasteiger partial charge in [-0.3, -0.25) is 9.59 Å². The van der Waals surface area contributed by atoms with Gasteiger partial charge in [0.2, 0.25) is 5.91 Å². The van der Waals surface area contributed by atoms with Crippen molar-refractivity contribution in [2.45, 2.75) is 18.7 Å². The van der Waals surface area contributed by atoms with Crippen molar-refractivity contribution in [1.82, 2.24) is 5.32 Å². The molecular weight excluding hydrogens is 238 g/mol. The smallest absolute Gasteiger partial charge is 0.321 e. The molecule has 0 aliphatic carbocycles. The summed E-state index contributed by atoms with van der Waals surface area (Å²) in [5.74, 6) is -0.533. The number of alkyl halides is 1. The summed E-state index contributed by atoms with van der Waals surface area (Å²) in [5.41, 5.74) is 0. The molecule has 4 nitrogen and oxygen atoms in total. The van der Waals surface area contributed by atoms with Crippen molar-refractivity contribution in [2.75, 3.05) is 13.7 Å². The molecule has 76 valence electrons. The first-order valence-electron chi connectivity index (χ1n) is 3.98. The number of rotatable bonds is 4. The standard InChI is InChI=1S/C8H14BrNO3/c1-5(2)7(11)10-4-6(9)8(12)13-3/h5-6H,4H2,1-3H3,(H,10,11). The molecule has 1 unspecified atom stereocenters. The van der Waals surface area contributed by atoms with E-state index in [1.54, 1.807) is 13.8 Å². The summed E-state index contributed by atoms with van der Waals surface area (Å²) < 4.78 is 4.47. The average Bonchev–Trinajstić information content (AvgIpc) is 2.11. The van der Waals surface area contributed by atoms with Crippen molar-refractivity contribution in [3.05, 3.63) is 0 Å². The zero-order chi connectivity index (χ0) is 10.4. The zero-order valence-electron chi connectivity index (χ0n) is 7.96. The van der Waals surface area contributed by atoms with Crippen molar-refractivity contribution in [3.8, 4) is 0 Å². The Morgan fingerprint density at radius 1 is 1.46 bits per heavy atom. The molecule has 13 heavy (non-hydrogen) atoms. The highest BCUT2D eigenvalue weighted by Crippen LogP contribution is 2.00. The van der Waals surface area contributed by atoms with Crippen LogP contribution < -0.4 is 5.32 Å². The number of hydrogen-bond acceptors (Lipinski definition) is 3. The molecule has 1 atom stereocenters. The van der Waals surface area contributed by atoms with Crippen LogP contribution in [-0.2, 0) is 14.3 Å². The first kappa shape index (κ1) is 12.4. The van der Waals surface area contributed by atoms with Crippen molar-refractivity contribution < 1.29 is 14.3 Å². The minimum Gasteiger partial charge on any atom is -0.468 e. The summed E-state index contributed by atoms with van der Waals surface area (Å²) in [7, 11) is 1.31. The maximum Gasteiger partial charge on any atom is 0.321 e. The maximum absolute atomic E-state index is 11.1. The molecule has 0 heterocycles. The van der Waals surface area contributed by atoms with E-state index < -0.39 is 4.83 Å². The molecular formula is C8H14BrNO3. The van der Waals surface area contributed by atoms with Crippen LogP contribution in [0.2, 0.25) is 0 Å². The molecule has 0 saturated heterocycles. The molecule has 0 spiro atoms. The van der Waals surface area contributed by atoms with Crippen molar-refractivity contribution >= 4 is 27.8 Å². The van der Waals surface area contributed by atoms with Gasteiger partial charge >= 0.3 is 5.97 Å². The van der Waals surface area contributed by atoms with Crippen molar-refractivity contribution in [3.63, 3.8) is 0 Å². The molecule has 0 aromatic heterocycles. The molecule has 1 N–H and O–H groups in total. The molecule has 1 amide bonds. The highest BCUT2D eigenvalue weighted by Gasteiger charge is 2.16. The van der Waals surface area contributed by atoms with Crippen LogP contribution in [0.15, 0.2) is 0 Å². The number of nitrogens with one attached hydrogen (secondary N) is 1. The monoisotopic (exact) mass is 251 g/mol. The van der Waals surface area contributed by atoms with Gasteiger partial charge in [-0.25, -0.2) is 0 Å². The lowest BCUT2D eigenvalue weighted by molar-refractivity contribution is -0.139. The second-order valence-electron chi connectivity index (χ2n) is 2.89. The first-order chi connectivity index (χ1) is 5.99. The Bertz CT molecular complexity index is 194. The van der Waals surface area contributed by atoms with E-state index in [0.29, 0.717) is 0 Å². The summed E-state index contributed by atoms with van der Waals surface area (Å²) in [6.07, 6.45) is 0. The predicted octanol–water partition coefficient (Wildman–Crippen LogP) is 0.695. The van der Waals surface area contributed by atoms with E-state index in [0.717, 1.165) is 0 Å². The second-order valence-corrected chi connectivity index (χ2v) is 4.00. The molecule has 0 bridgehead atoms. The topological polar surface area (TPSA) is 55.4 Å². The van der Waals surface area contributed by atoms with Crippen LogP contribution >= 0.6 is 15.9 Å². The Morgan fingerprint density at radius 2 is 2.00 bits per heavy atom. The molecule has 0 aliphatic heterocycles. The van der Waals surface area contributed by atoms with E-state index in [4.69, 9.17) is 0 Å². The van der Waals surface area contributed by atoms with E-state index in [2.05, 4.69) is 26.0 Å². The molecule has 0 fully saturated rings. The van der Waals surface area contributed by atoms with Gasteiger partial charge in [0, 0.05) is 12.5 Å². The Labute approximate surface area is 86.1 Å². The third-order valence-corrected chi connectivity index (χ3v) is 2.13. The van der Waals surface area contributed by atoms with Gasteiger partial charge in [0.1, 0.15) is 4.83 Å². The van der Waals surface area contributed by atoms with Gasteiger partial charge in [0.15, 0.2) is 0 Å². The van der Waals surface area contributed by atoms with Gasteiger partial charge < -0.3 is 10.1 Å². The Hall–Kier alpha value is -0.580. The number of esters is 1. The third kappa shape index (κ3) is 4.87. The van der Waals surface area contributed by atoms with Gasteiger partial charge in [-0.2, -0.15) is 0 Å². The van der Waals surface area contributed by atoms with Crippen LogP contribution in [-0.4, -0.2) is 30.4 Å². The largest absolute Gasteiger partial charge is 0.468 e. The van der Waals surface area contributed by atoms with Crippen LogP contribution in [0.5, 0.6) is 0 Å². The Morgan fingerprint density at radius 3 is 2.38 bits per heavy atom. The van der Waals surface area contributed by atoms with Crippen molar-refractivity contribution in [1.29, 1.82) is 0 Å². The predicted molar refractivity (Wildman–Crippen MR) is 52.6 cm³/mol. The van der Waals surface area contributed by atoms with E-state index >= 15 is 0 Å². The van der Waals surface area contributed by atoms with Crippen LogP contribution in [0.25, 0.3) is 0 Å². The lowest BCUT2D eigenvalue weighted by Crippen LogP contribution is -2.36. The van der Waals surface area contributed by atoms with Crippen LogP contribution in [0.3, 0.4) is 0 Å². The van der Waals surface area contributed by atoms with Crippen LogP contribution in [0.4, 0.5) is 0 Å². The number of carbonyl (C=O) groups excluding carboxylic acids is 2. The minimum absolute atomic E-state index is 0.0719. The SMILES string of the molecule is COC(=O)C(Br)CNC(=O)C(C)C. The summed E-state index contributed by atoms with van der Waals surface area (Å²) in [4.78, 5) is 21.5. The van der Waals surface area contributed by atoms with Gasteiger partial charge in [0.25, 0.3) is 0 Å². The number of carbonyl (C=O) groups is 2. The average molecular weight is 252 g/mol. The number of hydrogen-bond donors (Lipinski definition) is 1. The Balaban J connectivity index is 3.76. The van der Waals surface area contributed by atoms with E-state index in [9.17, 15) is 9.59 Å². The quantitative estimate of drug-likeness (QED) is 0.591. The Kier molecular flexibility index (Phi) is 5.70. The summed E-state index contributed by atoms with van der Waals surface area (Å²) in [6.45, 7) is 3.83. The normalized spacial score (nSPS) is 12.4. The third-order valence-electron chi connectivity index (χ3n) is 1.44. The second kappa shape index (κ2) is 5.96. The van der Waals surface area contributed by atoms with Gasteiger partial charge in [-0.15, -0.1) is 0 Å². The van der Waals surface area contributed by atoms with E-state index in [-0.39, 0.29) is 24.3 Å². The molecule has 0 aromatic carbocycles. The molecule has 0 aromatic rings. The highest BCUT2D eigenvalue weighted by atomic mass is 79.9. The first-order valence-corrected chi connectivity index (χ1v) is 4.90. The fourth-order valence-electron chi connectivity index (χ4n) is 0.606. The van der Waals surface area contributed by atoms with Crippen LogP contribution in [0.1, 0.15) is 13.8 Å². The van der Waals surface area contributed by atoms with E-state index in [1.807, 2.05) is 0 Å². The molecule has 0 saturated carbocycles. The fraction of sp³-hybridized carbons (Fsp3) is 0.750. The number of halogens is 1. The maximum atomic E-state index is 11.1. The van der Waals surface area contributed by atoms with Crippen molar-refractivity contribution in [2.24, 2.45) is 5.92 Å². The summed E-state index contributed by atoms with van der Waals surface area (Å²) in [6, 6.07) is 0. The highest BCUT2D eigenvalue weighted by molar-refractivity contribution is 9.10. The summed E-state index contributed by atoms with van der Waals surface area (Å²) >= 11 is 3.09. The minimum atomic E-state index is -0.472. The number of amides is 1. The fourth-order valence-corrected chi connectivity index (χ4v) is 0.954. The lowest BCUT2D eigenvalue weighted by Gasteiger charge is -2.10.